The molecule has 0 aromatic rings. The monoisotopic (exact) mass is 206 g/mol. The van der Waals surface area contributed by atoms with Crippen LogP contribution in [0.3, 0.4) is 0 Å². The van der Waals surface area contributed by atoms with Crippen molar-refractivity contribution in [3.05, 3.63) is 11.6 Å². The van der Waals surface area contributed by atoms with E-state index in [9.17, 15) is 26.3 Å². The number of rotatable bonds is 1. The summed E-state index contributed by atoms with van der Waals surface area (Å²) in [6.45, 7) is 2.37. The van der Waals surface area contributed by atoms with Gasteiger partial charge in [0.1, 0.15) is 0 Å². The van der Waals surface area contributed by atoms with Crippen molar-refractivity contribution in [1.29, 1.82) is 0 Å². The normalized spacial score (nSPS) is 13.3. The average molecular weight is 206 g/mol. The fourth-order valence-electron chi connectivity index (χ4n) is 0.708. The molecular formula is C7H8F6. The summed E-state index contributed by atoms with van der Waals surface area (Å²) in [4.78, 5) is 0. The Labute approximate surface area is 71.2 Å². The first-order valence-electron chi connectivity index (χ1n) is 3.33. The Morgan fingerprint density at radius 2 is 1.23 bits per heavy atom. The van der Waals surface area contributed by atoms with E-state index in [0.717, 1.165) is 0 Å². The first-order chi connectivity index (χ1) is 5.55. The summed E-state index contributed by atoms with van der Waals surface area (Å²) < 4.78 is 70.9. The molecule has 0 spiro atoms. The molecule has 0 N–H and O–H groups in total. The van der Waals surface area contributed by atoms with E-state index in [4.69, 9.17) is 0 Å². The van der Waals surface area contributed by atoms with Gasteiger partial charge in [-0.2, -0.15) is 26.3 Å². The van der Waals surface area contributed by atoms with E-state index in [0.29, 0.717) is 0 Å². The van der Waals surface area contributed by atoms with Crippen LogP contribution in [0.5, 0.6) is 0 Å². The second kappa shape index (κ2) is 3.59. The first-order valence-corrected chi connectivity index (χ1v) is 3.33. The van der Waals surface area contributed by atoms with Crippen molar-refractivity contribution in [2.75, 3.05) is 0 Å². The van der Waals surface area contributed by atoms with Gasteiger partial charge in [0, 0.05) is 0 Å². The summed E-state index contributed by atoms with van der Waals surface area (Å²) in [5, 5.41) is 0. The summed E-state index contributed by atoms with van der Waals surface area (Å²) in [6.07, 6.45) is -10.4. The predicted octanol–water partition coefficient (Wildman–Crippen LogP) is 3.69. The zero-order chi connectivity index (χ0) is 10.9. The van der Waals surface area contributed by atoms with Crippen molar-refractivity contribution in [3.8, 4) is 0 Å². The van der Waals surface area contributed by atoms with Crippen molar-refractivity contribution in [2.45, 2.75) is 26.2 Å². The van der Waals surface area contributed by atoms with E-state index < -0.39 is 18.3 Å². The summed E-state index contributed by atoms with van der Waals surface area (Å²) >= 11 is 0. The average Bonchev–Trinajstić information content (AvgIpc) is 1.77. The molecule has 0 unspecified atom stereocenters. The smallest absolute Gasteiger partial charge is 0.170 e. The molecule has 0 aliphatic rings. The van der Waals surface area contributed by atoms with Gasteiger partial charge in [0.05, 0.1) is 0 Å². The molecule has 0 aliphatic heterocycles. The molecule has 0 fully saturated rings. The van der Waals surface area contributed by atoms with E-state index in [1.807, 2.05) is 0 Å². The van der Waals surface area contributed by atoms with Crippen molar-refractivity contribution >= 4 is 0 Å². The van der Waals surface area contributed by atoms with Crippen LogP contribution < -0.4 is 0 Å². The highest BCUT2D eigenvalue weighted by atomic mass is 19.4. The lowest BCUT2D eigenvalue weighted by molar-refractivity contribution is -0.267. The van der Waals surface area contributed by atoms with E-state index in [2.05, 4.69) is 0 Å². The SMILES string of the molecule is CC(C)=CC(C(F)(F)F)C(F)(F)F. The third-order valence-corrected chi connectivity index (χ3v) is 1.21. The number of hydrogen-bond donors (Lipinski definition) is 0. The van der Waals surface area contributed by atoms with Gasteiger partial charge >= 0.3 is 12.4 Å². The second-order valence-electron chi connectivity index (χ2n) is 2.80. The fourth-order valence-corrected chi connectivity index (χ4v) is 0.708. The molecule has 13 heavy (non-hydrogen) atoms. The maximum atomic E-state index is 11.8. The highest BCUT2D eigenvalue weighted by Crippen LogP contribution is 2.40. The van der Waals surface area contributed by atoms with Crippen LogP contribution in [0.1, 0.15) is 13.8 Å². The maximum Gasteiger partial charge on any atom is 0.403 e. The molecule has 0 heterocycles. The summed E-state index contributed by atoms with van der Waals surface area (Å²) in [5.41, 5.74) is -0.0142. The zero-order valence-electron chi connectivity index (χ0n) is 6.92. The fraction of sp³-hybridized carbons (Fsp3) is 0.714. The third-order valence-electron chi connectivity index (χ3n) is 1.21. The Hall–Kier alpha value is -0.680. The van der Waals surface area contributed by atoms with Gasteiger partial charge < -0.3 is 0 Å². The predicted molar refractivity (Wildman–Crippen MR) is 35.0 cm³/mol. The maximum absolute atomic E-state index is 11.8. The number of halogens is 6. The molecule has 0 radical (unpaired) electrons. The van der Waals surface area contributed by atoms with Gasteiger partial charge in [-0.25, -0.2) is 0 Å². The quantitative estimate of drug-likeness (QED) is 0.453. The van der Waals surface area contributed by atoms with Crippen LogP contribution in [0.4, 0.5) is 26.3 Å². The molecular weight excluding hydrogens is 198 g/mol. The van der Waals surface area contributed by atoms with Crippen LogP contribution in [-0.2, 0) is 0 Å². The van der Waals surface area contributed by atoms with Crippen LogP contribution in [0.2, 0.25) is 0 Å². The van der Waals surface area contributed by atoms with Crippen LogP contribution in [0.25, 0.3) is 0 Å². The summed E-state index contributed by atoms with van der Waals surface area (Å²) in [5.74, 6) is -3.36. The molecule has 0 rings (SSSR count). The molecule has 0 nitrogen and oxygen atoms in total. The molecule has 0 saturated heterocycles. The first kappa shape index (κ1) is 12.3. The molecule has 0 bridgehead atoms. The topological polar surface area (TPSA) is 0 Å². The molecule has 0 aliphatic carbocycles. The van der Waals surface area contributed by atoms with Crippen molar-refractivity contribution < 1.29 is 26.3 Å². The van der Waals surface area contributed by atoms with Gasteiger partial charge in [-0.05, 0) is 13.8 Å². The van der Waals surface area contributed by atoms with Gasteiger partial charge in [-0.15, -0.1) is 0 Å². The van der Waals surface area contributed by atoms with Gasteiger partial charge in [0.2, 0.25) is 0 Å². The van der Waals surface area contributed by atoms with E-state index in [-0.39, 0.29) is 11.6 Å². The number of allylic oxidation sites excluding steroid dienone is 2. The van der Waals surface area contributed by atoms with Crippen molar-refractivity contribution in [3.63, 3.8) is 0 Å². The van der Waals surface area contributed by atoms with Gasteiger partial charge in [-0.1, -0.05) is 11.6 Å². The Bertz CT molecular complexity index is 178. The van der Waals surface area contributed by atoms with Crippen LogP contribution in [0.15, 0.2) is 11.6 Å². The van der Waals surface area contributed by atoms with Crippen LogP contribution in [0, 0.1) is 5.92 Å². The minimum Gasteiger partial charge on any atom is -0.170 e. The summed E-state index contributed by atoms with van der Waals surface area (Å²) in [6, 6.07) is 0. The molecule has 0 aromatic heterocycles. The summed E-state index contributed by atoms with van der Waals surface area (Å²) in [7, 11) is 0. The highest BCUT2D eigenvalue weighted by molar-refractivity contribution is 5.02. The Kier molecular flexibility index (Phi) is 3.40. The largest absolute Gasteiger partial charge is 0.403 e. The van der Waals surface area contributed by atoms with Crippen molar-refractivity contribution in [2.24, 2.45) is 5.92 Å². The van der Waals surface area contributed by atoms with E-state index >= 15 is 0 Å². The molecule has 6 heteroatoms. The zero-order valence-corrected chi connectivity index (χ0v) is 6.92. The lowest BCUT2D eigenvalue weighted by atomic mass is 10.1. The Balaban J connectivity index is 4.90. The minimum absolute atomic E-state index is 0.0142. The lowest BCUT2D eigenvalue weighted by Crippen LogP contribution is -2.34. The van der Waals surface area contributed by atoms with Gasteiger partial charge in [0.25, 0.3) is 0 Å². The molecule has 0 saturated carbocycles. The lowest BCUT2D eigenvalue weighted by Gasteiger charge is -2.20. The van der Waals surface area contributed by atoms with Crippen LogP contribution in [-0.4, -0.2) is 12.4 Å². The Morgan fingerprint density at radius 1 is 0.923 bits per heavy atom. The van der Waals surface area contributed by atoms with E-state index in [1.54, 1.807) is 0 Å². The number of alkyl halides is 6. The molecule has 0 amide bonds. The van der Waals surface area contributed by atoms with Crippen molar-refractivity contribution in [1.82, 2.24) is 0 Å². The molecule has 0 atom stereocenters. The molecule has 0 aromatic carbocycles. The third kappa shape index (κ3) is 4.19. The van der Waals surface area contributed by atoms with Gasteiger partial charge in [-0.3, -0.25) is 0 Å². The Morgan fingerprint density at radius 3 is 1.31 bits per heavy atom. The van der Waals surface area contributed by atoms with Gasteiger partial charge in [0.15, 0.2) is 5.92 Å². The van der Waals surface area contributed by atoms with Crippen LogP contribution >= 0.6 is 0 Å². The minimum atomic E-state index is -5.27. The number of hydrogen-bond acceptors (Lipinski definition) is 0. The molecule has 78 valence electrons. The standard InChI is InChI=1S/C7H8F6/c1-4(2)3-5(6(8,9)10)7(11,12)13/h3,5H,1-2H3. The second-order valence-corrected chi connectivity index (χ2v) is 2.80. The highest BCUT2D eigenvalue weighted by Gasteiger charge is 2.55. The van der Waals surface area contributed by atoms with E-state index in [1.165, 1.54) is 13.8 Å².